The summed E-state index contributed by atoms with van der Waals surface area (Å²) in [5, 5.41) is 4.53. The van der Waals surface area contributed by atoms with Gasteiger partial charge < -0.3 is 0 Å². The van der Waals surface area contributed by atoms with Crippen molar-refractivity contribution in [3.8, 4) is 0 Å². The van der Waals surface area contributed by atoms with Gasteiger partial charge in [0.2, 0.25) is 5.91 Å². The predicted molar refractivity (Wildman–Crippen MR) is 71.3 cm³/mol. The summed E-state index contributed by atoms with van der Waals surface area (Å²) in [5.41, 5.74) is 3.36. The molecule has 0 aliphatic heterocycles. The molecule has 1 amide bonds. The first-order valence-electron chi connectivity index (χ1n) is 5.80. The third-order valence-electron chi connectivity index (χ3n) is 2.26. The lowest BCUT2D eigenvalue weighted by Gasteiger charge is -1.98. The Hall–Kier alpha value is -1.35. The molecule has 0 unspecified atom stereocenters. The van der Waals surface area contributed by atoms with Crippen LogP contribution in [0.25, 0.3) is 0 Å². The summed E-state index contributed by atoms with van der Waals surface area (Å²) >= 11 is 5.82. The summed E-state index contributed by atoms with van der Waals surface area (Å²) in [7, 11) is 0. The Morgan fingerprint density at radius 3 is 3.00 bits per heavy atom. The molecule has 92 valence electrons. The Kier molecular flexibility index (Phi) is 6.33. The van der Waals surface area contributed by atoms with Gasteiger partial charge in [0.25, 0.3) is 0 Å². The summed E-state index contributed by atoms with van der Waals surface area (Å²) in [4.78, 5) is 11.3. The molecule has 0 bridgehead atoms. The molecule has 1 N–H and O–H groups in total. The van der Waals surface area contributed by atoms with E-state index in [0.717, 1.165) is 24.8 Å². The average molecular weight is 253 g/mol. The van der Waals surface area contributed by atoms with E-state index in [4.69, 9.17) is 11.6 Å². The van der Waals surface area contributed by atoms with Crippen LogP contribution in [0.4, 0.5) is 0 Å². The van der Waals surface area contributed by atoms with Crippen LogP contribution in [0.1, 0.15) is 38.2 Å². The normalized spacial score (nSPS) is 10.7. The van der Waals surface area contributed by atoms with Crippen molar-refractivity contribution in [2.24, 2.45) is 5.10 Å². The van der Waals surface area contributed by atoms with E-state index in [1.165, 1.54) is 0 Å². The zero-order chi connectivity index (χ0) is 12.5. The average Bonchev–Trinajstić information content (AvgIpc) is 2.29. The molecular formula is C13H17ClN2O. The number of nitrogens with one attached hydrogen (secondary N) is 1. The summed E-state index contributed by atoms with van der Waals surface area (Å²) in [6.07, 6.45) is 5.21. The molecule has 17 heavy (non-hydrogen) atoms. The Labute approximate surface area is 107 Å². The van der Waals surface area contributed by atoms with Crippen molar-refractivity contribution in [2.45, 2.75) is 32.6 Å². The first-order chi connectivity index (χ1) is 8.22. The first-order valence-corrected chi connectivity index (χ1v) is 6.17. The van der Waals surface area contributed by atoms with E-state index in [-0.39, 0.29) is 5.91 Å². The maximum absolute atomic E-state index is 11.3. The molecule has 0 radical (unpaired) electrons. The molecule has 0 aliphatic carbocycles. The van der Waals surface area contributed by atoms with E-state index in [1.54, 1.807) is 18.3 Å². The number of hydrogen-bond donors (Lipinski definition) is 1. The fourth-order valence-electron chi connectivity index (χ4n) is 1.36. The zero-order valence-electron chi connectivity index (χ0n) is 9.95. The lowest BCUT2D eigenvalue weighted by Crippen LogP contribution is -2.16. The van der Waals surface area contributed by atoms with Crippen molar-refractivity contribution >= 4 is 23.7 Å². The van der Waals surface area contributed by atoms with Gasteiger partial charge in [-0.3, -0.25) is 4.79 Å². The van der Waals surface area contributed by atoms with Crippen LogP contribution in [-0.4, -0.2) is 12.1 Å². The van der Waals surface area contributed by atoms with E-state index in [1.807, 2.05) is 12.1 Å². The van der Waals surface area contributed by atoms with Crippen LogP contribution in [0.5, 0.6) is 0 Å². The van der Waals surface area contributed by atoms with Crippen LogP contribution in [-0.2, 0) is 4.79 Å². The minimum absolute atomic E-state index is 0.0447. The number of amides is 1. The topological polar surface area (TPSA) is 41.5 Å². The number of hydrogen-bond acceptors (Lipinski definition) is 2. The Balaban J connectivity index is 2.32. The van der Waals surface area contributed by atoms with E-state index in [9.17, 15) is 4.79 Å². The van der Waals surface area contributed by atoms with Crippen molar-refractivity contribution in [1.82, 2.24) is 5.43 Å². The van der Waals surface area contributed by atoms with E-state index in [0.29, 0.717) is 11.4 Å². The second-order valence-corrected chi connectivity index (χ2v) is 4.24. The van der Waals surface area contributed by atoms with E-state index in [2.05, 4.69) is 17.5 Å². The van der Waals surface area contributed by atoms with Gasteiger partial charge in [-0.1, -0.05) is 43.5 Å². The number of nitrogens with zero attached hydrogens (tertiary/aromatic N) is 1. The number of carbonyl (C=O) groups excluding carboxylic acids is 1. The van der Waals surface area contributed by atoms with Gasteiger partial charge in [-0.05, 0) is 24.1 Å². The number of benzene rings is 1. The highest BCUT2D eigenvalue weighted by Crippen LogP contribution is 2.08. The predicted octanol–water partition coefficient (Wildman–Crippen LogP) is 3.37. The standard InChI is InChI=1S/C13H17ClN2O/c1-2-3-4-8-13(17)16-15-10-11-6-5-7-12(14)9-11/h5-7,9-10H,2-4,8H2,1H3,(H,16,17)/b15-10+. The number of unbranched alkanes of at least 4 members (excludes halogenated alkanes) is 2. The molecular weight excluding hydrogens is 236 g/mol. The monoisotopic (exact) mass is 252 g/mol. The maximum atomic E-state index is 11.3. The van der Waals surface area contributed by atoms with Gasteiger partial charge in [0.05, 0.1) is 6.21 Å². The highest BCUT2D eigenvalue weighted by Gasteiger charge is 1.97. The molecule has 0 saturated carbocycles. The lowest BCUT2D eigenvalue weighted by molar-refractivity contribution is -0.121. The first kappa shape index (κ1) is 13.7. The van der Waals surface area contributed by atoms with Crippen LogP contribution >= 0.6 is 11.6 Å². The largest absolute Gasteiger partial charge is 0.273 e. The second-order valence-electron chi connectivity index (χ2n) is 3.81. The second kappa shape index (κ2) is 7.85. The molecule has 1 aromatic rings. The lowest BCUT2D eigenvalue weighted by atomic mass is 10.2. The summed E-state index contributed by atoms with van der Waals surface area (Å²) in [6, 6.07) is 7.29. The Morgan fingerprint density at radius 1 is 1.47 bits per heavy atom. The zero-order valence-corrected chi connectivity index (χ0v) is 10.7. The SMILES string of the molecule is CCCCCC(=O)N/N=C/c1cccc(Cl)c1. The third-order valence-corrected chi connectivity index (χ3v) is 2.49. The quantitative estimate of drug-likeness (QED) is 0.471. The molecule has 1 rings (SSSR count). The summed E-state index contributed by atoms with van der Waals surface area (Å²) < 4.78 is 0. The van der Waals surface area contributed by atoms with Crippen molar-refractivity contribution in [3.63, 3.8) is 0 Å². The van der Waals surface area contributed by atoms with E-state index < -0.39 is 0 Å². The number of rotatable bonds is 6. The molecule has 0 atom stereocenters. The molecule has 0 heterocycles. The number of carbonyl (C=O) groups is 1. The molecule has 0 aromatic heterocycles. The fraction of sp³-hybridized carbons (Fsp3) is 0.385. The molecule has 4 heteroatoms. The highest BCUT2D eigenvalue weighted by atomic mass is 35.5. The number of hydrazone groups is 1. The molecule has 0 aliphatic rings. The molecule has 1 aromatic carbocycles. The van der Waals surface area contributed by atoms with Crippen LogP contribution in [0.2, 0.25) is 5.02 Å². The van der Waals surface area contributed by atoms with E-state index >= 15 is 0 Å². The van der Waals surface area contributed by atoms with Crippen LogP contribution < -0.4 is 5.43 Å². The summed E-state index contributed by atoms with van der Waals surface area (Å²) in [5.74, 6) is -0.0447. The van der Waals surface area contributed by atoms with Gasteiger partial charge in [0.1, 0.15) is 0 Å². The van der Waals surface area contributed by atoms with Crippen molar-refractivity contribution in [2.75, 3.05) is 0 Å². The molecule has 3 nitrogen and oxygen atoms in total. The Morgan fingerprint density at radius 2 is 2.29 bits per heavy atom. The number of halogens is 1. The minimum atomic E-state index is -0.0447. The van der Waals surface area contributed by atoms with Crippen molar-refractivity contribution < 1.29 is 4.79 Å². The molecule has 0 spiro atoms. The van der Waals surface area contributed by atoms with Gasteiger partial charge in [0.15, 0.2) is 0 Å². The van der Waals surface area contributed by atoms with Crippen molar-refractivity contribution in [3.05, 3.63) is 34.9 Å². The third kappa shape index (κ3) is 6.07. The molecule has 0 saturated heterocycles. The summed E-state index contributed by atoms with van der Waals surface area (Å²) in [6.45, 7) is 2.11. The highest BCUT2D eigenvalue weighted by molar-refractivity contribution is 6.30. The van der Waals surface area contributed by atoms with Crippen LogP contribution in [0, 0.1) is 0 Å². The fourth-order valence-corrected chi connectivity index (χ4v) is 1.56. The van der Waals surface area contributed by atoms with Crippen LogP contribution in [0.15, 0.2) is 29.4 Å². The van der Waals surface area contributed by atoms with Gasteiger partial charge in [0, 0.05) is 11.4 Å². The van der Waals surface area contributed by atoms with Gasteiger partial charge in [-0.15, -0.1) is 0 Å². The minimum Gasteiger partial charge on any atom is -0.273 e. The van der Waals surface area contributed by atoms with Crippen molar-refractivity contribution in [1.29, 1.82) is 0 Å². The Bertz CT molecular complexity index is 391. The smallest absolute Gasteiger partial charge is 0.240 e. The van der Waals surface area contributed by atoms with Gasteiger partial charge >= 0.3 is 0 Å². The van der Waals surface area contributed by atoms with Gasteiger partial charge in [-0.25, -0.2) is 5.43 Å². The maximum Gasteiger partial charge on any atom is 0.240 e. The molecule has 0 fully saturated rings. The van der Waals surface area contributed by atoms with Crippen LogP contribution in [0.3, 0.4) is 0 Å². The van der Waals surface area contributed by atoms with Gasteiger partial charge in [-0.2, -0.15) is 5.10 Å².